The maximum absolute atomic E-state index is 12.6. The molecular formula is C24H28N6O2S2. The Labute approximate surface area is 207 Å². The third kappa shape index (κ3) is 6.55. The second-order valence-corrected chi connectivity index (χ2v) is 10.0. The third-order valence-electron chi connectivity index (χ3n) is 5.59. The highest BCUT2D eigenvalue weighted by atomic mass is 32.2. The number of carbonyl (C=O) groups excluding carboxylic acids is 2. The van der Waals surface area contributed by atoms with E-state index in [0.29, 0.717) is 49.5 Å². The maximum atomic E-state index is 12.6. The summed E-state index contributed by atoms with van der Waals surface area (Å²) < 4.78 is 0. The molecule has 1 aromatic carbocycles. The molecule has 1 aliphatic heterocycles. The fourth-order valence-electron chi connectivity index (χ4n) is 3.71. The van der Waals surface area contributed by atoms with Gasteiger partial charge in [0.15, 0.2) is 0 Å². The molecule has 0 unspecified atom stereocenters. The number of nitrogens with zero attached hydrogens (tertiary/aromatic N) is 4. The van der Waals surface area contributed by atoms with Crippen LogP contribution in [0.4, 0.5) is 5.69 Å². The average molecular weight is 497 g/mol. The monoisotopic (exact) mass is 496 g/mol. The number of thioether (sulfide) groups is 1. The van der Waals surface area contributed by atoms with E-state index in [9.17, 15) is 9.59 Å². The molecule has 1 saturated heterocycles. The Kier molecular flexibility index (Phi) is 8.15. The zero-order valence-corrected chi connectivity index (χ0v) is 20.9. The largest absolute Gasteiger partial charge is 0.339 e. The number of aromatic nitrogens is 3. The number of para-hydroxylation sites is 1. The summed E-state index contributed by atoms with van der Waals surface area (Å²) >= 11 is 2.98. The number of benzene rings is 1. The van der Waals surface area contributed by atoms with Crippen molar-refractivity contribution >= 4 is 52.8 Å². The Balaban J connectivity index is 1.18. The number of amides is 2. The number of anilines is 1. The quantitative estimate of drug-likeness (QED) is 0.464. The van der Waals surface area contributed by atoms with Crippen LogP contribution >= 0.6 is 23.1 Å². The normalized spacial score (nSPS) is 14.6. The fraction of sp³-hybridized carbons (Fsp3) is 0.333. The topological polar surface area (TPSA) is 94.2 Å². The zero-order valence-electron chi connectivity index (χ0n) is 19.3. The summed E-state index contributed by atoms with van der Waals surface area (Å²) in [7, 11) is 0. The first-order chi connectivity index (χ1) is 16.5. The summed E-state index contributed by atoms with van der Waals surface area (Å²) in [6, 6.07) is 10.00. The molecule has 2 N–H and O–H groups in total. The van der Waals surface area contributed by atoms with E-state index in [4.69, 9.17) is 0 Å². The van der Waals surface area contributed by atoms with Crippen molar-refractivity contribution in [2.45, 2.75) is 19.0 Å². The molecule has 34 heavy (non-hydrogen) atoms. The average Bonchev–Trinajstić information content (AvgIpc) is 3.51. The Bertz CT molecular complexity index is 1130. The van der Waals surface area contributed by atoms with Crippen LogP contribution in [-0.2, 0) is 9.59 Å². The molecule has 1 fully saturated rings. The highest BCUT2D eigenvalue weighted by Gasteiger charge is 2.23. The van der Waals surface area contributed by atoms with Gasteiger partial charge in [-0.15, -0.1) is 16.4 Å². The maximum Gasteiger partial charge on any atom is 0.238 e. The molecule has 0 saturated carbocycles. The van der Waals surface area contributed by atoms with Crippen molar-refractivity contribution in [1.29, 1.82) is 0 Å². The second-order valence-electron chi connectivity index (χ2n) is 8.11. The van der Waals surface area contributed by atoms with Crippen molar-refractivity contribution in [2.24, 2.45) is 0 Å². The van der Waals surface area contributed by atoms with Gasteiger partial charge in [0.25, 0.3) is 0 Å². The van der Waals surface area contributed by atoms with E-state index in [0.717, 1.165) is 21.7 Å². The van der Waals surface area contributed by atoms with Crippen molar-refractivity contribution in [3.8, 4) is 0 Å². The van der Waals surface area contributed by atoms with E-state index in [1.807, 2.05) is 66.6 Å². The van der Waals surface area contributed by atoms with Gasteiger partial charge in [0.05, 0.1) is 12.3 Å². The number of carbonyl (C=O) groups is 2. The molecule has 4 rings (SSSR count). The standard InChI is InChI=1S/C24H28N6O2S2/c1-17-5-3-6-18(2)23(17)26-21(31)15-29-10-12-30(13-11-29)22(32)16-34-24-25-20(27-28-24)9-8-19-7-4-14-33-19/h3-9,14H,10-13,15-16H2,1-2H3,(H,26,31)(H,25,27,28)/b9-8+. The number of aromatic amines is 1. The van der Waals surface area contributed by atoms with Crippen molar-refractivity contribution in [1.82, 2.24) is 25.0 Å². The van der Waals surface area contributed by atoms with Gasteiger partial charge in [-0.05, 0) is 48.6 Å². The lowest BCUT2D eigenvalue weighted by molar-refractivity contribution is -0.130. The van der Waals surface area contributed by atoms with Crippen LogP contribution in [0.15, 0.2) is 40.9 Å². The van der Waals surface area contributed by atoms with Crippen molar-refractivity contribution < 1.29 is 9.59 Å². The summed E-state index contributed by atoms with van der Waals surface area (Å²) in [6.45, 7) is 6.88. The van der Waals surface area contributed by atoms with E-state index in [-0.39, 0.29) is 11.8 Å². The first kappa shape index (κ1) is 24.2. The lowest BCUT2D eigenvalue weighted by Crippen LogP contribution is -2.50. The number of nitrogens with one attached hydrogen (secondary N) is 2. The molecule has 3 aromatic rings. The van der Waals surface area contributed by atoms with E-state index in [1.165, 1.54) is 11.8 Å². The molecule has 0 spiro atoms. The molecule has 3 heterocycles. The highest BCUT2D eigenvalue weighted by Crippen LogP contribution is 2.20. The number of rotatable bonds is 8. The van der Waals surface area contributed by atoms with Gasteiger partial charge >= 0.3 is 0 Å². The molecule has 0 atom stereocenters. The van der Waals surface area contributed by atoms with Gasteiger partial charge in [-0.1, -0.05) is 36.0 Å². The molecular weight excluding hydrogens is 468 g/mol. The second kappa shape index (κ2) is 11.5. The number of aryl methyl sites for hydroxylation is 2. The van der Waals surface area contributed by atoms with Crippen LogP contribution in [0.2, 0.25) is 0 Å². The van der Waals surface area contributed by atoms with Crippen molar-refractivity contribution in [2.75, 3.05) is 43.8 Å². The van der Waals surface area contributed by atoms with Crippen molar-refractivity contribution in [3.05, 3.63) is 57.5 Å². The summed E-state index contributed by atoms with van der Waals surface area (Å²) in [5.41, 5.74) is 2.99. The van der Waals surface area contributed by atoms with Crippen LogP contribution in [0.1, 0.15) is 21.8 Å². The van der Waals surface area contributed by atoms with Gasteiger partial charge in [-0.2, -0.15) is 0 Å². The molecule has 1 aliphatic rings. The van der Waals surface area contributed by atoms with E-state index in [1.54, 1.807) is 11.3 Å². The summed E-state index contributed by atoms with van der Waals surface area (Å²) in [5, 5.41) is 12.7. The predicted octanol–water partition coefficient (Wildman–Crippen LogP) is 3.53. The minimum Gasteiger partial charge on any atom is -0.339 e. The van der Waals surface area contributed by atoms with E-state index < -0.39 is 0 Å². The number of thiophene rings is 1. The minimum atomic E-state index is -0.0266. The van der Waals surface area contributed by atoms with Gasteiger partial charge in [0.2, 0.25) is 17.0 Å². The van der Waals surface area contributed by atoms with Gasteiger partial charge in [0, 0.05) is 36.7 Å². The van der Waals surface area contributed by atoms with Gasteiger partial charge in [0.1, 0.15) is 5.82 Å². The van der Waals surface area contributed by atoms with Crippen LogP contribution < -0.4 is 5.32 Å². The lowest BCUT2D eigenvalue weighted by atomic mass is 10.1. The molecule has 2 amide bonds. The van der Waals surface area contributed by atoms with Crippen LogP contribution in [0.5, 0.6) is 0 Å². The van der Waals surface area contributed by atoms with Crippen LogP contribution in [0, 0.1) is 13.8 Å². The molecule has 0 radical (unpaired) electrons. The molecule has 0 bridgehead atoms. The molecule has 0 aliphatic carbocycles. The van der Waals surface area contributed by atoms with Crippen LogP contribution in [0.3, 0.4) is 0 Å². The first-order valence-corrected chi connectivity index (χ1v) is 13.0. The predicted molar refractivity (Wildman–Crippen MR) is 138 cm³/mol. The first-order valence-electron chi connectivity index (χ1n) is 11.1. The third-order valence-corrected chi connectivity index (χ3v) is 7.26. The Hall–Kier alpha value is -2.95. The van der Waals surface area contributed by atoms with Gasteiger partial charge < -0.3 is 10.2 Å². The zero-order chi connectivity index (χ0) is 23.9. The van der Waals surface area contributed by atoms with Gasteiger partial charge in [-0.3, -0.25) is 19.6 Å². The molecule has 2 aromatic heterocycles. The van der Waals surface area contributed by atoms with Crippen LogP contribution in [-0.4, -0.2) is 75.3 Å². The summed E-state index contributed by atoms with van der Waals surface area (Å²) in [5.74, 6) is 0.987. The van der Waals surface area contributed by atoms with Gasteiger partial charge in [-0.25, -0.2) is 4.98 Å². The molecule has 10 heteroatoms. The Morgan fingerprint density at radius 1 is 1.12 bits per heavy atom. The number of piperazine rings is 1. The fourth-order valence-corrected chi connectivity index (χ4v) is 5.04. The lowest BCUT2D eigenvalue weighted by Gasteiger charge is -2.34. The number of H-pyrrole nitrogens is 1. The SMILES string of the molecule is Cc1cccc(C)c1NC(=O)CN1CCN(C(=O)CSc2n[nH]c(/C=C/c3cccs3)n2)CC1. The summed E-state index contributed by atoms with van der Waals surface area (Å²) in [6.07, 6.45) is 3.85. The number of hydrogen-bond donors (Lipinski definition) is 2. The molecule has 178 valence electrons. The molecule has 8 nitrogen and oxygen atoms in total. The highest BCUT2D eigenvalue weighted by molar-refractivity contribution is 7.99. The van der Waals surface area contributed by atoms with Crippen molar-refractivity contribution in [3.63, 3.8) is 0 Å². The minimum absolute atomic E-state index is 0.0266. The van der Waals surface area contributed by atoms with Crippen LogP contribution in [0.25, 0.3) is 12.2 Å². The van der Waals surface area contributed by atoms with E-state index >= 15 is 0 Å². The Morgan fingerprint density at radius 2 is 1.88 bits per heavy atom. The van der Waals surface area contributed by atoms with E-state index in [2.05, 4.69) is 25.4 Å². The summed E-state index contributed by atoms with van der Waals surface area (Å²) in [4.78, 5) is 34.6. The Morgan fingerprint density at radius 3 is 2.59 bits per heavy atom. The smallest absolute Gasteiger partial charge is 0.238 e. The number of hydrogen-bond acceptors (Lipinski definition) is 7.